The summed E-state index contributed by atoms with van der Waals surface area (Å²) in [5, 5.41) is 8.39. The van der Waals surface area contributed by atoms with Crippen molar-refractivity contribution in [3.8, 4) is 0 Å². The van der Waals surface area contributed by atoms with Crippen LogP contribution in [0.4, 0.5) is 5.69 Å². The quantitative estimate of drug-likeness (QED) is 0.731. The molecule has 3 N–H and O–H groups in total. The maximum Gasteiger partial charge on any atom is 0.253 e. The topological polar surface area (TPSA) is 70.2 Å². The molecule has 124 valence electrons. The van der Waals surface area contributed by atoms with E-state index < -0.39 is 0 Å². The molecule has 6 heteroatoms. The second kappa shape index (κ2) is 8.79. The summed E-state index contributed by atoms with van der Waals surface area (Å²) in [5.41, 5.74) is 2.18. The van der Waals surface area contributed by atoms with Crippen LogP contribution in [0.25, 0.3) is 0 Å². The number of carbonyl (C=O) groups is 2. The van der Waals surface area contributed by atoms with Crippen LogP contribution < -0.4 is 16.0 Å². The number of hydrogen-bond acceptors (Lipinski definition) is 3. The predicted octanol–water partition coefficient (Wildman–Crippen LogP) is 2.49. The Bertz CT molecular complexity index is 732. The highest BCUT2D eigenvalue weighted by Crippen LogP contribution is 2.14. The second-order valence-electron chi connectivity index (χ2n) is 5.17. The largest absolute Gasteiger partial charge is 0.352 e. The molecule has 24 heavy (non-hydrogen) atoms. The molecular weight excluding hydrogens is 322 g/mol. The van der Waals surface area contributed by atoms with Crippen LogP contribution in [-0.2, 0) is 11.2 Å². The number of hydrogen-bond donors (Lipinski definition) is 3. The van der Waals surface area contributed by atoms with E-state index in [9.17, 15) is 9.59 Å². The Morgan fingerprint density at radius 3 is 2.38 bits per heavy atom. The molecule has 0 radical (unpaired) electrons. The smallest absolute Gasteiger partial charge is 0.253 e. The first-order chi connectivity index (χ1) is 11.6. The van der Waals surface area contributed by atoms with E-state index in [1.165, 1.54) is 6.92 Å². The van der Waals surface area contributed by atoms with Gasteiger partial charge in [-0.15, -0.1) is 0 Å². The molecule has 0 aliphatic carbocycles. The number of para-hydroxylation sites is 1. The Hall–Kier alpha value is -2.73. The molecule has 2 amide bonds. The zero-order valence-electron chi connectivity index (χ0n) is 13.3. The van der Waals surface area contributed by atoms with Crippen molar-refractivity contribution < 1.29 is 9.59 Å². The zero-order chi connectivity index (χ0) is 17.4. The summed E-state index contributed by atoms with van der Waals surface area (Å²) in [6.45, 7) is 1.91. The van der Waals surface area contributed by atoms with Gasteiger partial charge < -0.3 is 16.0 Å². The molecule has 0 aliphatic heterocycles. The van der Waals surface area contributed by atoms with Crippen molar-refractivity contribution in [2.45, 2.75) is 13.3 Å². The molecule has 0 aliphatic rings. The highest BCUT2D eigenvalue weighted by molar-refractivity contribution is 7.80. The number of benzene rings is 2. The molecule has 2 rings (SSSR count). The molecule has 5 nitrogen and oxygen atoms in total. The van der Waals surface area contributed by atoms with Crippen LogP contribution in [0.5, 0.6) is 0 Å². The molecule has 0 saturated heterocycles. The van der Waals surface area contributed by atoms with E-state index in [0.717, 1.165) is 12.0 Å². The van der Waals surface area contributed by atoms with E-state index in [1.54, 1.807) is 24.3 Å². The van der Waals surface area contributed by atoms with Crippen molar-refractivity contribution in [3.05, 3.63) is 65.7 Å². The van der Waals surface area contributed by atoms with E-state index in [-0.39, 0.29) is 16.9 Å². The lowest BCUT2D eigenvalue weighted by Crippen LogP contribution is -2.33. The van der Waals surface area contributed by atoms with E-state index in [0.29, 0.717) is 17.8 Å². The number of amides is 2. The molecule has 2 aromatic carbocycles. The molecule has 0 spiro atoms. The summed E-state index contributed by atoms with van der Waals surface area (Å²) in [6, 6.07) is 17.0. The molecule has 0 saturated carbocycles. The molecule has 0 bridgehead atoms. The molecule has 0 unspecified atom stereocenters. The Labute approximate surface area is 146 Å². The van der Waals surface area contributed by atoms with E-state index >= 15 is 0 Å². The minimum Gasteiger partial charge on any atom is -0.352 e. The number of thiocarbonyl (C=S) groups is 1. The Morgan fingerprint density at radius 2 is 1.67 bits per heavy atom. The molecule has 0 fully saturated rings. The summed E-state index contributed by atoms with van der Waals surface area (Å²) in [5.74, 6) is -0.461. The third kappa shape index (κ3) is 5.48. The van der Waals surface area contributed by atoms with Gasteiger partial charge in [-0.2, -0.15) is 0 Å². The summed E-state index contributed by atoms with van der Waals surface area (Å²) in [7, 11) is 0. The number of anilines is 1. The summed E-state index contributed by atoms with van der Waals surface area (Å²) < 4.78 is 0. The van der Waals surface area contributed by atoms with Crippen molar-refractivity contribution in [1.29, 1.82) is 0 Å². The third-order valence-corrected chi connectivity index (χ3v) is 3.46. The first kappa shape index (κ1) is 17.6. The van der Waals surface area contributed by atoms with E-state index in [1.807, 2.05) is 30.3 Å². The summed E-state index contributed by atoms with van der Waals surface area (Å²) >= 11 is 5.04. The van der Waals surface area contributed by atoms with Crippen molar-refractivity contribution >= 4 is 34.8 Å². The van der Waals surface area contributed by atoms with Gasteiger partial charge in [-0.25, -0.2) is 0 Å². The number of rotatable bonds is 5. The van der Waals surface area contributed by atoms with Crippen molar-refractivity contribution in [1.82, 2.24) is 10.6 Å². The lowest BCUT2D eigenvalue weighted by molar-refractivity contribution is -0.117. The van der Waals surface area contributed by atoms with Crippen LogP contribution in [-0.4, -0.2) is 23.5 Å². The van der Waals surface area contributed by atoms with Crippen molar-refractivity contribution in [2.75, 3.05) is 11.9 Å². The molecule has 0 atom stereocenters. The van der Waals surface area contributed by atoms with Crippen LogP contribution >= 0.6 is 12.2 Å². The summed E-state index contributed by atoms with van der Waals surface area (Å²) in [4.78, 5) is 23.4. The maximum absolute atomic E-state index is 12.4. The Kier molecular flexibility index (Phi) is 6.45. The Morgan fingerprint density at radius 1 is 1.00 bits per heavy atom. The monoisotopic (exact) mass is 341 g/mol. The number of nitrogens with one attached hydrogen (secondary N) is 3. The highest BCUT2D eigenvalue weighted by atomic mass is 32.1. The predicted molar refractivity (Wildman–Crippen MR) is 99.0 cm³/mol. The summed E-state index contributed by atoms with van der Waals surface area (Å²) in [6.07, 6.45) is 0.756. The van der Waals surface area contributed by atoms with E-state index in [4.69, 9.17) is 12.2 Å². The normalized spacial score (nSPS) is 9.88. The van der Waals surface area contributed by atoms with Gasteiger partial charge in [-0.3, -0.25) is 9.59 Å². The standard InChI is InChI=1S/C18H19N3O2S/c1-13(22)20-18(24)21-16-10-6-5-9-15(16)17(23)19-12-11-14-7-3-2-4-8-14/h2-10H,11-12H2,1H3,(H,19,23)(H2,20,21,22,24). The van der Waals surface area contributed by atoms with Gasteiger partial charge in [0, 0.05) is 13.5 Å². The van der Waals surface area contributed by atoms with Crippen molar-refractivity contribution in [3.63, 3.8) is 0 Å². The van der Waals surface area contributed by atoms with Crippen LogP contribution in [0.1, 0.15) is 22.8 Å². The van der Waals surface area contributed by atoms with Gasteiger partial charge >= 0.3 is 0 Å². The fraction of sp³-hybridized carbons (Fsp3) is 0.167. The van der Waals surface area contributed by atoms with Crippen LogP contribution in [0, 0.1) is 0 Å². The number of carbonyl (C=O) groups excluding carboxylic acids is 2. The fourth-order valence-electron chi connectivity index (χ4n) is 2.16. The van der Waals surface area contributed by atoms with Gasteiger partial charge in [0.15, 0.2) is 5.11 Å². The van der Waals surface area contributed by atoms with Crippen molar-refractivity contribution in [2.24, 2.45) is 0 Å². The molecule has 0 aromatic heterocycles. The SMILES string of the molecule is CC(=O)NC(=S)Nc1ccccc1C(=O)NCCc1ccccc1. The minimum atomic E-state index is -0.266. The van der Waals surface area contributed by atoms with Gasteiger partial charge in [-0.1, -0.05) is 42.5 Å². The van der Waals surface area contributed by atoms with Crippen LogP contribution in [0.15, 0.2) is 54.6 Å². The first-order valence-electron chi connectivity index (χ1n) is 7.56. The van der Waals surface area contributed by atoms with Gasteiger partial charge in [0.2, 0.25) is 5.91 Å². The fourth-order valence-corrected chi connectivity index (χ4v) is 2.42. The average Bonchev–Trinajstić information content (AvgIpc) is 2.55. The first-order valence-corrected chi connectivity index (χ1v) is 7.97. The second-order valence-corrected chi connectivity index (χ2v) is 5.58. The lowest BCUT2D eigenvalue weighted by Gasteiger charge is -2.13. The molecule has 0 heterocycles. The minimum absolute atomic E-state index is 0.159. The van der Waals surface area contributed by atoms with Crippen LogP contribution in [0.2, 0.25) is 0 Å². The highest BCUT2D eigenvalue weighted by Gasteiger charge is 2.11. The lowest BCUT2D eigenvalue weighted by atomic mass is 10.1. The molecule has 2 aromatic rings. The zero-order valence-corrected chi connectivity index (χ0v) is 14.2. The Balaban J connectivity index is 1.96. The maximum atomic E-state index is 12.4. The van der Waals surface area contributed by atoms with Gasteiger partial charge in [-0.05, 0) is 36.3 Å². The van der Waals surface area contributed by atoms with Gasteiger partial charge in [0.25, 0.3) is 5.91 Å². The molecular formula is C18H19N3O2S. The average molecular weight is 341 g/mol. The van der Waals surface area contributed by atoms with Crippen LogP contribution in [0.3, 0.4) is 0 Å². The van der Waals surface area contributed by atoms with Gasteiger partial charge in [0.05, 0.1) is 11.3 Å². The third-order valence-electron chi connectivity index (χ3n) is 3.25. The van der Waals surface area contributed by atoms with Gasteiger partial charge in [0.1, 0.15) is 0 Å². The van der Waals surface area contributed by atoms with E-state index in [2.05, 4.69) is 16.0 Å².